The van der Waals surface area contributed by atoms with Crippen molar-refractivity contribution in [1.82, 2.24) is 0 Å². The van der Waals surface area contributed by atoms with Crippen LogP contribution in [0.25, 0.3) is 0 Å². The lowest BCUT2D eigenvalue weighted by molar-refractivity contribution is -0.144. The molecule has 3 nitrogen and oxygen atoms in total. The van der Waals surface area contributed by atoms with E-state index in [2.05, 4.69) is 0 Å². The molecule has 0 aliphatic carbocycles. The number of allylic oxidation sites excluding steroid dienone is 1. The second-order valence-corrected chi connectivity index (χ2v) is 3.56. The minimum absolute atomic E-state index is 0.109. The van der Waals surface area contributed by atoms with Crippen LogP contribution in [0.5, 0.6) is 0 Å². The van der Waals surface area contributed by atoms with E-state index in [0.717, 1.165) is 19.4 Å². The molecule has 0 aromatic carbocycles. The molecule has 0 spiro atoms. The van der Waals surface area contributed by atoms with Crippen LogP contribution in [0.2, 0.25) is 0 Å². The van der Waals surface area contributed by atoms with Gasteiger partial charge >= 0.3 is 5.97 Å². The molecule has 1 aliphatic heterocycles. The first-order valence-corrected chi connectivity index (χ1v) is 5.15. The van der Waals surface area contributed by atoms with E-state index in [4.69, 9.17) is 9.47 Å². The standard InChI is InChI=1S/C11H18O3/c1-3-9(2)11(12)14-8-10-6-4-5-7-13-10/h3,10H,4-8H2,1-2H3/b9-3+. The van der Waals surface area contributed by atoms with Crippen molar-refractivity contribution in [2.45, 2.75) is 39.2 Å². The Morgan fingerprint density at radius 1 is 1.57 bits per heavy atom. The summed E-state index contributed by atoms with van der Waals surface area (Å²) in [7, 11) is 0. The van der Waals surface area contributed by atoms with Crippen LogP contribution in [0.3, 0.4) is 0 Å². The van der Waals surface area contributed by atoms with E-state index in [1.165, 1.54) is 6.42 Å². The first-order chi connectivity index (χ1) is 6.74. The fourth-order valence-corrected chi connectivity index (χ4v) is 1.34. The van der Waals surface area contributed by atoms with Gasteiger partial charge in [0.15, 0.2) is 0 Å². The molecule has 3 heteroatoms. The third kappa shape index (κ3) is 3.50. The molecule has 0 amide bonds. The molecule has 1 aliphatic rings. The molecule has 0 aromatic heterocycles. The van der Waals surface area contributed by atoms with E-state index >= 15 is 0 Å². The molecule has 0 saturated carbocycles. The Morgan fingerprint density at radius 3 is 2.93 bits per heavy atom. The molecular formula is C11H18O3. The summed E-state index contributed by atoms with van der Waals surface area (Å²) in [4.78, 5) is 11.3. The largest absolute Gasteiger partial charge is 0.460 e. The number of hydrogen-bond donors (Lipinski definition) is 0. The highest BCUT2D eigenvalue weighted by atomic mass is 16.6. The molecular weight excluding hydrogens is 180 g/mol. The summed E-state index contributed by atoms with van der Waals surface area (Å²) in [6, 6.07) is 0. The van der Waals surface area contributed by atoms with Gasteiger partial charge in [-0.2, -0.15) is 0 Å². The van der Waals surface area contributed by atoms with Crippen molar-refractivity contribution in [3.05, 3.63) is 11.6 Å². The van der Waals surface area contributed by atoms with E-state index in [1.807, 2.05) is 6.92 Å². The van der Waals surface area contributed by atoms with Gasteiger partial charge in [-0.15, -0.1) is 0 Å². The van der Waals surface area contributed by atoms with Gasteiger partial charge in [-0.05, 0) is 33.1 Å². The Hall–Kier alpha value is -0.830. The van der Waals surface area contributed by atoms with Gasteiger partial charge < -0.3 is 9.47 Å². The summed E-state index contributed by atoms with van der Waals surface area (Å²) in [5.74, 6) is -0.235. The van der Waals surface area contributed by atoms with E-state index < -0.39 is 0 Å². The van der Waals surface area contributed by atoms with Crippen molar-refractivity contribution < 1.29 is 14.3 Å². The molecule has 0 aromatic rings. The summed E-state index contributed by atoms with van der Waals surface area (Å²) in [6.45, 7) is 4.77. The Labute approximate surface area is 85.1 Å². The maximum Gasteiger partial charge on any atom is 0.333 e. The van der Waals surface area contributed by atoms with E-state index in [-0.39, 0.29) is 12.1 Å². The molecule has 1 atom stereocenters. The molecule has 0 N–H and O–H groups in total. The predicted molar refractivity (Wildman–Crippen MR) is 54.0 cm³/mol. The number of hydrogen-bond acceptors (Lipinski definition) is 3. The van der Waals surface area contributed by atoms with Crippen LogP contribution < -0.4 is 0 Å². The van der Waals surface area contributed by atoms with Crippen molar-refractivity contribution in [3.63, 3.8) is 0 Å². The van der Waals surface area contributed by atoms with Gasteiger partial charge in [0, 0.05) is 12.2 Å². The summed E-state index contributed by atoms with van der Waals surface area (Å²) < 4.78 is 10.5. The average molecular weight is 198 g/mol. The SMILES string of the molecule is C/C=C(\C)C(=O)OCC1CCCCO1. The molecule has 0 bridgehead atoms. The topological polar surface area (TPSA) is 35.5 Å². The van der Waals surface area contributed by atoms with Crippen molar-refractivity contribution in [2.24, 2.45) is 0 Å². The normalized spacial score (nSPS) is 23.3. The predicted octanol–water partition coefficient (Wildman–Crippen LogP) is 2.06. The lowest BCUT2D eigenvalue weighted by Gasteiger charge is -2.22. The van der Waals surface area contributed by atoms with Crippen LogP contribution >= 0.6 is 0 Å². The zero-order valence-corrected chi connectivity index (χ0v) is 8.91. The van der Waals surface area contributed by atoms with Crippen LogP contribution in [-0.2, 0) is 14.3 Å². The summed E-state index contributed by atoms with van der Waals surface area (Å²) in [6.07, 6.45) is 5.16. The van der Waals surface area contributed by atoms with Gasteiger partial charge in [0.25, 0.3) is 0 Å². The monoisotopic (exact) mass is 198 g/mol. The van der Waals surface area contributed by atoms with E-state index in [1.54, 1.807) is 13.0 Å². The molecule has 1 fully saturated rings. The highest BCUT2D eigenvalue weighted by Crippen LogP contribution is 2.13. The quantitative estimate of drug-likeness (QED) is 0.514. The Kier molecular flexibility index (Phi) is 4.66. The van der Waals surface area contributed by atoms with Crippen LogP contribution in [0.4, 0.5) is 0 Å². The van der Waals surface area contributed by atoms with Gasteiger partial charge in [-0.3, -0.25) is 0 Å². The van der Waals surface area contributed by atoms with Crippen LogP contribution in [0, 0.1) is 0 Å². The number of carbonyl (C=O) groups is 1. The molecule has 1 saturated heterocycles. The van der Waals surface area contributed by atoms with Crippen molar-refractivity contribution in [1.29, 1.82) is 0 Å². The van der Waals surface area contributed by atoms with Crippen LogP contribution in [0.15, 0.2) is 11.6 Å². The lowest BCUT2D eigenvalue weighted by atomic mass is 10.1. The van der Waals surface area contributed by atoms with Gasteiger partial charge in [0.2, 0.25) is 0 Å². The third-order valence-electron chi connectivity index (χ3n) is 2.43. The minimum atomic E-state index is -0.235. The lowest BCUT2D eigenvalue weighted by Crippen LogP contribution is -2.26. The Bertz CT molecular complexity index is 215. The smallest absolute Gasteiger partial charge is 0.333 e. The Balaban J connectivity index is 2.22. The Morgan fingerprint density at radius 2 is 2.36 bits per heavy atom. The number of esters is 1. The van der Waals surface area contributed by atoms with Crippen molar-refractivity contribution in [2.75, 3.05) is 13.2 Å². The second kappa shape index (κ2) is 5.81. The second-order valence-electron chi connectivity index (χ2n) is 3.56. The van der Waals surface area contributed by atoms with Crippen molar-refractivity contribution >= 4 is 5.97 Å². The highest BCUT2D eigenvalue weighted by Gasteiger charge is 2.16. The van der Waals surface area contributed by atoms with E-state index in [9.17, 15) is 4.79 Å². The molecule has 0 radical (unpaired) electrons. The summed E-state index contributed by atoms with van der Waals surface area (Å²) in [5.41, 5.74) is 0.654. The van der Waals surface area contributed by atoms with Crippen LogP contribution in [-0.4, -0.2) is 25.3 Å². The zero-order valence-electron chi connectivity index (χ0n) is 8.91. The maximum atomic E-state index is 11.3. The molecule has 14 heavy (non-hydrogen) atoms. The van der Waals surface area contributed by atoms with Gasteiger partial charge in [0.05, 0.1) is 6.10 Å². The minimum Gasteiger partial charge on any atom is -0.460 e. The number of ether oxygens (including phenoxy) is 2. The molecule has 1 rings (SSSR count). The number of rotatable bonds is 3. The molecule has 80 valence electrons. The van der Waals surface area contributed by atoms with Crippen molar-refractivity contribution in [3.8, 4) is 0 Å². The number of carbonyl (C=O) groups excluding carboxylic acids is 1. The highest BCUT2D eigenvalue weighted by molar-refractivity contribution is 5.87. The molecule has 1 unspecified atom stereocenters. The fraction of sp³-hybridized carbons (Fsp3) is 0.727. The first kappa shape index (κ1) is 11.2. The van der Waals surface area contributed by atoms with Gasteiger partial charge in [0.1, 0.15) is 6.61 Å². The van der Waals surface area contributed by atoms with E-state index in [0.29, 0.717) is 12.2 Å². The molecule has 1 heterocycles. The van der Waals surface area contributed by atoms with Gasteiger partial charge in [-0.1, -0.05) is 6.08 Å². The first-order valence-electron chi connectivity index (χ1n) is 5.15. The average Bonchev–Trinajstić information content (AvgIpc) is 2.26. The fourth-order valence-electron chi connectivity index (χ4n) is 1.34. The summed E-state index contributed by atoms with van der Waals surface area (Å²) in [5, 5.41) is 0. The maximum absolute atomic E-state index is 11.3. The summed E-state index contributed by atoms with van der Waals surface area (Å²) >= 11 is 0. The van der Waals surface area contributed by atoms with Gasteiger partial charge in [-0.25, -0.2) is 4.79 Å². The van der Waals surface area contributed by atoms with Crippen LogP contribution in [0.1, 0.15) is 33.1 Å². The zero-order chi connectivity index (χ0) is 10.4. The third-order valence-corrected chi connectivity index (χ3v) is 2.43.